The molecule has 2 N–H and O–H groups in total. The van der Waals surface area contributed by atoms with Gasteiger partial charge in [-0.25, -0.2) is 0 Å². The first-order valence-corrected chi connectivity index (χ1v) is 10.6. The Morgan fingerprint density at radius 2 is 2.04 bits per heavy atom. The summed E-state index contributed by atoms with van der Waals surface area (Å²) >= 11 is 0. The minimum Gasteiger partial charge on any atom is -0.497 e. The number of rotatable bonds is 8. The lowest BCUT2D eigenvalue weighted by molar-refractivity contribution is 0.244. The van der Waals surface area contributed by atoms with Gasteiger partial charge in [0, 0.05) is 20.1 Å². The van der Waals surface area contributed by atoms with E-state index in [0.29, 0.717) is 11.5 Å². The molecule has 27 heavy (non-hydrogen) atoms. The van der Waals surface area contributed by atoms with E-state index in [-0.39, 0.29) is 0 Å². The molecule has 0 bridgehead atoms. The summed E-state index contributed by atoms with van der Waals surface area (Å²) in [6, 6.07) is 8.85. The smallest absolute Gasteiger partial charge is 0.191 e. The highest BCUT2D eigenvalue weighted by atomic mass is 16.5. The molecule has 5 nitrogen and oxygen atoms in total. The van der Waals surface area contributed by atoms with Gasteiger partial charge in [0.05, 0.1) is 13.2 Å². The Bertz CT molecular complexity index is 660. The zero-order valence-electron chi connectivity index (χ0n) is 16.8. The van der Waals surface area contributed by atoms with E-state index in [1.54, 1.807) is 7.11 Å². The highest BCUT2D eigenvalue weighted by molar-refractivity contribution is 5.79. The summed E-state index contributed by atoms with van der Waals surface area (Å²) < 4.78 is 5.45. The predicted molar refractivity (Wildman–Crippen MR) is 110 cm³/mol. The molecule has 4 rings (SSSR count). The van der Waals surface area contributed by atoms with Crippen molar-refractivity contribution in [3.05, 3.63) is 29.8 Å². The Morgan fingerprint density at radius 3 is 2.67 bits per heavy atom. The van der Waals surface area contributed by atoms with Crippen molar-refractivity contribution in [1.82, 2.24) is 15.5 Å². The summed E-state index contributed by atoms with van der Waals surface area (Å²) in [4.78, 5) is 7.06. The van der Waals surface area contributed by atoms with Crippen molar-refractivity contribution in [2.75, 3.05) is 40.3 Å². The molecule has 3 aliphatic rings. The number of nitrogens with zero attached hydrogens (tertiary/aromatic N) is 2. The molecular formula is C22H34N4O. The maximum absolute atomic E-state index is 5.45. The predicted octanol–water partition coefficient (Wildman–Crippen LogP) is 3.19. The first-order chi connectivity index (χ1) is 13.2. The molecule has 0 spiro atoms. The summed E-state index contributed by atoms with van der Waals surface area (Å²) in [6.07, 6.45) is 8.22. The molecule has 1 atom stereocenters. The fraction of sp³-hybridized carbons (Fsp3) is 0.682. The van der Waals surface area contributed by atoms with Crippen LogP contribution in [0.4, 0.5) is 0 Å². The van der Waals surface area contributed by atoms with Gasteiger partial charge in [0.15, 0.2) is 5.96 Å². The summed E-state index contributed by atoms with van der Waals surface area (Å²) in [5, 5.41) is 7.21. The van der Waals surface area contributed by atoms with Crippen LogP contribution in [0.5, 0.6) is 5.75 Å². The molecular weight excluding hydrogens is 336 g/mol. The molecule has 1 saturated heterocycles. The summed E-state index contributed by atoms with van der Waals surface area (Å²) in [5.74, 6) is 2.84. The van der Waals surface area contributed by atoms with E-state index < -0.39 is 0 Å². The molecule has 148 valence electrons. The Balaban J connectivity index is 1.38. The van der Waals surface area contributed by atoms with E-state index in [9.17, 15) is 0 Å². The number of benzene rings is 1. The van der Waals surface area contributed by atoms with Crippen LogP contribution in [0.1, 0.15) is 50.1 Å². The van der Waals surface area contributed by atoms with Crippen LogP contribution in [0.2, 0.25) is 0 Å². The van der Waals surface area contributed by atoms with E-state index in [4.69, 9.17) is 4.74 Å². The van der Waals surface area contributed by atoms with Crippen molar-refractivity contribution in [3.63, 3.8) is 0 Å². The molecule has 5 heteroatoms. The van der Waals surface area contributed by atoms with Crippen LogP contribution < -0.4 is 15.4 Å². The van der Waals surface area contributed by atoms with Gasteiger partial charge < -0.3 is 15.4 Å². The van der Waals surface area contributed by atoms with E-state index in [1.165, 1.54) is 57.2 Å². The standard InChI is InChI=1S/C22H34N4O/c1-23-21(25-16-22(10-11-22)18-8-9-18)24-15-20(26-12-3-4-13-26)17-6-5-7-19(14-17)27-2/h5-7,14,18,20H,3-4,8-13,15-16H2,1-2H3,(H2,23,24,25). The van der Waals surface area contributed by atoms with Crippen LogP contribution in [-0.2, 0) is 0 Å². The first kappa shape index (κ1) is 18.6. The van der Waals surface area contributed by atoms with Crippen molar-refractivity contribution >= 4 is 5.96 Å². The largest absolute Gasteiger partial charge is 0.497 e. The monoisotopic (exact) mass is 370 g/mol. The van der Waals surface area contributed by atoms with E-state index in [2.05, 4.69) is 38.7 Å². The second kappa shape index (κ2) is 8.09. The van der Waals surface area contributed by atoms with Crippen molar-refractivity contribution in [2.45, 2.75) is 44.6 Å². The van der Waals surface area contributed by atoms with Crippen molar-refractivity contribution in [3.8, 4) is 5.75 Å². The third-order valence-corrected chi connectivity index (χ3v) is 6.69. The number of nitrogens with one attached hydrogen (secondary N) is 2. The molecule has 0 radical (unpaired) electrons. The molecule has 1 aromatic rings. The molecule has 3 fully saturated rings. The van der Waals surface area contributed by atoms with Gasteiger partial charge in [-0.1, -0.05) is 12.1 Å². The van der Waals surface area contributed by atoms with Crippen molar-refractivity contribution < 1.29 is 4.74 Å². The van der Waals surface area contributed by atoms with Gasteiger partial charge in [0.2, 0.25) is 0 Å². The Labute approximate surface area is 163 Å². The average Bonchev–Trinajstić information content (AvgIpc) is 3.63. The maximum Gasteiger partial charge on any atom is 0.191 e. The second-order valence-corrected chi connectivity index (χ2v) is 8.48. The van der Waals surface area contributed by atoms with Crippen LogP contribution in [0.25, 0.3) is 0 Å². The van der Waals surface area contributed by atoms with Gasteiger partial charge in [-0.3, -0.25) is 9.89 Å². The summed E-state index contributed by atoms with van der Waals surface area (Å²) in [5.41, 5.74) is 1.90. The van der Waals surface area contributed by atoms with E-state index >= 15 is 0 Å². The number of guanidine groups is 1. The lowest BCUT2D eigenvalue weighted by Crippen LogP contribution is -2.44. The number of hydrogen-bond donors (Lipinski definition) is 2. The maximum atomic E-state index is 5.45. The SMILES string of the molecule is CN=C(NCC(c1cccc(OC)c1)N1CCCC1)NCC1(C2CC2)CC1. The lowest BCUT2D eigenvalue weighted by Gasteiger charge is -2.29. The molecule has 0 amide bonds. The second-order valence-electron chi connectivity index (χ2n) is 8.48. The molecule has 1 aromatic carbocycles. The van der Waals surface area contributed by atoms with Crippen molar-refractivity contribution in [2.24, 2.45) is 16.3 Å². The van der Waals surface area contributed by atoms with Crippen LogP contribution in [0.15, 0.2) is 29.3 Å². The molecule has 1 unspecified atom stereocenters. The van der Waals surface area contributed by atoms with Gasteiger partial charge in [-0.15, -0.1) is 0 Å². The molecule has 2 aliphatic carbocycles. The topological polar surface area (TPSA) is 48.9 Å². The number of hydrogen-bond acceptors (Lipinski definition) is 3. The fourth-order valence-corrected chi connectivity index (χ4v) is 4.62. The number of ether oxygens (including phenoxy) is 1. The van der Waals surface area contributed by atoms with Gasteiger partial charge in [0.1, 0.15) is 5.75 Å². The molecule has 2 saturated carbocycles. The third kappa shape index (κ3) is 4.40. The van der Waals surface area contributed by atoms with Crippen LogP contribution >= 0.6 is 0 Å². The van der Waals surface area contributed by atoms with Crippen LogP contribution in [0, 0.1) is 11.3 Å². The average molecular weight is 371 g/mol. The quantitative estimate of drug-likeness (QED) is 0.545. The molecule has 1 aliphatic heterocycles. The van der Waals surface area contributed by atoms with E-state index in [0.717, 1.165) is 30.7 Å². The van der Waals surface area contributed by atoms with Crippen LogP contribution in [0.3, 0.4) is 0 Å². The van der Waals surface area contributed by atoms with Gasteiger partial charge in [-0.05, 0) is 80.6 Å². The normalized spacial score (nSPS) is 23.1. The number of likely N-dealkylation sites (tertiary alicyclic amines) is 1. The highest BCUT2D eigenvalue weighted by Gasteiger charge is 2.53. The van der Waals surface area contributed by atoms with Gasteiger partial charge in [0.25, 0.3) is 0 Å². The minimum atomic E-state index is 0.347. The first-order valence-electron chi connectivity index (χ1n) is 10.6. The lowest BCUT2D eigenvalue weighted by atomic mass is 10.0. The van der Waals surface area contributed by atoms with E-state index in [1.807, 2.05) is 13.1 Å². The summed E-state index contributed by atoms with van der Waals surface area (Å²) in [7, 11) is 3.62. The zero-order valence-corrected chi connectivity index (χ0v) is 16.8. The van der Waals surface area contributed by atoms with Crippen molar-refractivity contribution in [1.29, 1.82) is 0 Å². The Kier molecular flexibility index (Phi) is 5.58. The Hall–Kier alpha value is -1.75. The zero-order chi connectivity index (χ0) is 18.7. The Morgan fingerprint density at radius 1 is 1.26 bits per heavy atom. The number of aliphatic imine (C=N–C) groups is 1. The number of methoxy groups -OCH3 is 1. The fourth-order valence-electron chi connectivity index (χ4n) is 4.62. The molecule has 0 aromatic heterocycles. The molecule has 1 heterocycles. The summed E-state index contributed by atoms with van der Waals surface area (Å²) in [6.45, 7) is 4.27. The van der Waals surface area contributed by atoms with Gasteiger partial charge in [-0.2, -0.15) is 0 Å². The van der Waals surface area contributed by atoms with Gasteiger partial charge >= 0.3 is 0 Å². The highest BCUT2D eigenvalue weighted by Crippen LogP contribution is 2.60. The van der Waals surface area contributed by atoms with Crippen LogP contribution in [-0.4, -0.2) is 51.2 Å². The third-order valence-electron chi connectivity index (χ3n) is 6.69. The minimum absolute atomic E-state index is 0.347.